The van der Waals surface area contributed by atoms with Gasteiger partial charge in [-0.15, -0.1) is 0 Å². The highest BCUT2D eigenvalue weighted by atomic mass is 16.1. The Bertz CT molecular complexity index is 617. The minimum absolute atomic E-state index is 0.0392. The van der Waals surface area contributed by atoms with Crippen molar-refractivity contribution in [3.8, 4) is 0 Å². The van der Waals surface area contributed by atoms with E-state index in [0.29, 0.717) is 18.1 Å². The number of carbonyl (C=O) groups is 1. The number of nitrogens with zero attached hydrogens (tertiary/aromatic N) is 2. The minimum atomic E-state index is -0.0392. The predicted octanol–water partition coefficient (Wildman–Crippen LogP) is 3.37. The third-order valence-electron chi connectivity index (χ3n) is 3.20. The lowest BCUT2D eigenvalue weighted by Crippen LogP contribution is -2.24. The maximum absolute atomic E-state index is 11.9. The molecule has 0 saturated carbocycles. The van der Waals surface area contributed by atoms with E-state index in [1.807, 2.05) is 32.0 Å². The zero-order valence-electron chi connectivity index (χ0n) is 13.3. The van der Waals surface area contributed by atoms with Crippen molar-refractivity contribution in [3.05, 3.63) is 47.3 Å². The Hall–Kier alpha value is -2.43. The third-order valence-corrected chi connectivity index (χ3v) is 3.20. The molecule has 0 atom stereocenters. The average molecular weight is 298 g/mol. The molecule has 0 saturated heterocycles. The molecule has 1 aromatic carbocycles. The SMILES string of the molecule is CCCCNC(=O)c1ccc(Nc2nc(C)cc(C)n2)cc1. The number of unbranched alkanes of at least 4 members (excludes halogenated alkanes) is 1. The summed E-state index contributed by atoms with van der Waals surface area (Å²) in [5, 5.41) is 6.05. The van der Waals surface area contributed by atoms with Gasteiger partial charge >= 0.3 is 0 Å². The summed E-state index contributed by atoms with van der Waals surface area (Å²) < 4.78 is 0. The van der Waals surface area contributed by atoms with Crippen LogP contribution >= 0.6 is 0 Å². The third kappa shape index (κ3) is 4.55. The van der Waals surface area contributed by atoms with Gasteiger partial charge in [0.1, 0.15) is 0 Å². The summed E-state index contributed by atoms with van der Waals surface area (Å²) in [6.07, 6.45) is 2.06. The number of anilines is 2. The van der Waals surface area contributed by atoms with E-state index < -0.39 is 0 Å². The molecular formula is C17H22N4O. The van der Waals surface area contributed by atoms with Crippen LogP contribution in [0.15, 0.2) is 30.3 Å². The second-order valence-corrected chi connectivity index (χ2v) is 5.29. The molecule has 0 aliphatic carbocycles. The van der Waals surface area contributed by atoms with Gasteiger partial charge in [0.2, 0.25) is 5.95 Å². The number of aryl methyl sites for hydroxylation is 2. The van der Waals surface area contributed by atoms with E-state index in [2.05, 4.69) is 27.5 Å². The number of amides is 1. The lowest BCUT2D eigenvalue weighted by Gasteiger charge is -2.08. The van der Waals surface area contributed by atoms with Crippen molar-refractivity contribution in [3.63, 3.8) is 0 Å². The van der Waals surface area contributed by atoms with E-state index >= 15 is 0 Å². The van der Waals surface area contributed by atoms with Crippen molar-refractivity contribution in [2.45, 2.75) is 33.6 Å². The molecule has 116 valence electrons. The zero-order chi connectivity index (χ0) is 15.9. The summed E-state index contributed by atoms with van der Waals surface area (Å²) in [6.45, 7) is 6.68. The Morgan fingerprint density at radius 2 is 1.73 bits per heavy atom. The standard InChI is InChI=1S/C17H22N4O/c1-4-5-10-18-16(22)14-6-8-15(9-7-14)21-17-19-12(2)11-13(3)20-17/h6-9,11H,4-5,10H2,1-3H3,(H,18,22)(H,19,20,21). The van der Waals surface area contributed by atoms with E-state index in [1.165, 1.54) is 0 Å². The maximum Gasteiger partial charge on any atom is 0.251 e. The molecule has 1 amide bonds. The van der Waals surface area contributed by atoms with Gasteiger partial charge in [0.05, 0.1) is 0 Å². The molecule has 1 aromatic heterocycles. The first-order valence-electron chi connectivity index (χ1n) is 7.56. The van der Waals surface area contributed by atoms with Gasteiger partial charge in [-0.2, -0.15) is 0 Å². The maximum atomic E-state index is 11.9. The first-order chi connectivity index (χ1) is 10.6. The fourth-order valence-corrected chi connectivity index (χ4v) is 2.10. The number of rotatable bonds is 6. The molecule has 0 radical (unpaired) electrons. The topological polar surface area (TPSA) is 66.9 Å². The van der Waals surface area contributed by atoms with E-state index in [9.17, 15) is 4.79 Å². The highest BCUT2D eigenvalue weighted by molar-refractivity contribution is 5.94. The molecule has 5 heteroatoms. The monoisotopic (exact) mass is 298 g/mol. The predicted molar refractivity (Wildman–Crippen MR) is 88.5 cm³/mol. The van der Waals surface area contributed by atoms with Gasteiger partial charge in [-0.1, -0.05) is 13.3 Å². The summed E-state index contributed by atoms with van der Waals surface area (Å²) >= 11 is 0. The quantitative estimate of drug-likeness (QED) is 0.802. The van der Waals surface area contributed by atoms with Crippen LogP contribution in [0.5, 0.6) is 0 Å². The minimum Gasteiger partial charge on any atom is -0.352 e. The number of nitrogens with one attached hydrogen (secondary N) is 2. The summed E-state index contributed by atoms with van der Waals surface area (Å²) in [7, 11) is 0. The lowest BCUT2D eigenvalue weighted by molar-refractivity contribution is 0.0953. The van der Waals surface area contributed by atoms with Crippen LogP contribution in [0.3, 0.4) is 0 Å². The first kappa shape index (κ1) is 15.9. The highest BCUT2D eigenvalue weighted by Gasteiger charge is 2.05. The van der Waals surface area contributed by atoms with Crippen LogP contribution in [0.25, 0.3) is 0 Å². The van der Waals surface area contributed by atoms with E-state index in [1.54, 1.807) is 12.1 Å². The molecule has 0 aliphatic rings. The van der Waals surface area contributed by atoms with Crippen LogP contribution in [0, 0.1) is 13.8 Å². The fraction of sp³-hybridized carbons (Fsp3) is 0.353. The van der Waals surface area contributed by atoms with Crippen LogP contribution in [0.4, 0.5) is 11.6 Å². The number of carbonyl (C=O) groups excluding carboxylic acids is 1. The summed E-state index contributed by atoms with van der Waals surface area (Å²) in [6, 6.07) is 9.24. The number of hydrogen-bond donors (Lipinski definition) is 2. The van der Waals surface area contributed by atoms with Crippen molar-refractivity contribution in [2.24, 2.45) is 0 Å². The Morgan fingerprint density at radius 1 is 1.09 bits per heavy atom. The van der Waals surface area contributed by atoms with Gasteiger partial charge < -0.3 is 10.6 Å². The van der Waals surface area contributed by atoms with Gasteiger partial charge in [-0.05, 0) is 50.6 Å². The van der Waals surface area contributed by atoms with Gasteiger partial charge in [0, 0.05) is 29.2 Å². The molecular weight excluding hydrogens is 276 g/mol. The molecule has 2 N–H and O–H groups in total. The van der Waals surface area contributed by atoms with Gasteiger partial charge in [0.25, 0.3) is 5.91 Å². The van der Waals surface area contributed by atoms with Crippen LogP contribution in [-0.4, -0.2) is 22.4 Å². The van der Waals surface area contributed by atoms with Crippen LogP contribution in [0.2, 0.25) is 0 Å². The summed E-state index contributed by atoms with van der Waals surface area (Å²) in [4.78, 5) is 20.6. The Labute approximate surface area is 131 Å². The van der Waals surface area contributed by atoms with E-state index in [4.69, 9.17) is 0 Å². The Kier molecular flexibility index (Phi) is 5.47. The second-order valence-electron chi connectivity index (χ2n) is 5.29. The number of benzene rings is 1. The molecule has 2 aromatic rings. The molecule has 0 bridgehead atoms. The average Bonchev–Trinajstić information content (AvgIpc) is 2.47. The number of aromatic nitrogens is 2. The van der Waals surface area contributed by atoms with Crippen molar-refractivity contribution in [2.75, 3.05) is 11.9 Å². The van der Waals surface area contributed by atoms with E-state index in [0.717, 1.165) is 29.9 Å². The van der Waals surface area contributed by atoms with Gasteiger partial charge in [-0.25, -0.2) is 9.97 Å². The van der Waals surface area contributed by atoms with Crippen molar-refractivity contribution < 1.29 is 4.79 Å². The molecule has 1 heterocycles. The van der Waals surface area contributed by atoms with Gasteiger partial charge in [0.15, 0.2) is 0 Å². The van der Waals surface area contributed by atoms with Gasteiger partial charge in [-0.3, -0.25) is 4.79 Å². The molecule has 0 fully saturated rings. The smallest absolute Gasteiger partial charge is 0.251 e. The zero-order valence-corrected chi connectivity index (χ0v) is 13.3. The fourth-order valence-electron chi connectivity index (χ4n) is 2.10. The second kappa shape index (κ2) is 7.54. The molecule has 0 unspecified atom stereocenters. The molecule has 22 heavy (non-hydrogen) atoms. The first-order valence-corrected chi connectivity index (χ1v) is 7.56. The highest BCUT2D eigenvalue weighted by Crippen LogP contribution is 2.15. The van der Waals surface area contributed by atoms with Crippen molar-refractivity contribution >= 4 is 17.5 Å². The summed E-state index contributed by atoms with van der Waals surface area (Å²) in [5.74, 6) is 0.528. The summed E-state index contributed by atoms with van der Waals surface area (Å²) in [5.41, 5.74) is 3.35. The van der Waals surface area contributed by atoms with Crippen molar-refractivity contribution in [1.29, 1.82) is 0 Å². The number of hydrogen-bond acceptors (Lipinski definition) is 4. The normalized spacial score (nSPS) is 10.3. The lowest BCUT2D eigenvalue weighted by atomic mass is 10.2. The molecule has 2 rings (SSSR count). The van der Waals surface area contributed by atoms with Crippen molar-refractivity contribution in [1.82, 2.24) is 15.3 Å². The Balaban J connectivity index is 2.01. The van der Waals surface area contributed by atoms with Crippen LogP contribution in [0.1, 0.15) is 41.5 Å². The Morgan fingerprint density at radius 3 is 2.32 bits per heavy atom. The molecule has 0 aliphatic heterocycles. The van der Waals surface area contributed by atoms with E-state index in [-0.39, 0.29) is 5.91 Å². The largest absolute Gasteiger partial charge is 0.352 e. The molecule has 5 nitrogen and oxygen atoms in total. The molecule has 0 spiro atoms. The van der Waals surface area contributed by atoms with Crippen LogP contribution < -0.4 is 10.6 Å². The van der Waals surface area contributed by atoms with Crippen LogP contribution in [-0.2, 0) is 0 Å².